The molecule has 250 valence electrons. The van der Waals surface area contributed by atoms with Gasteiger partial charge in [-0.3, -0.25) is 14.4 Å². The number of halogens is 2. The highest BCUT2D eigenvalue weighted by Gasteiger charge is 2.19. The fourth-order valence-electron chi connectivity index (χ4n) is 4.70. The van der Waals surface area contributed by atoms with Crippen LogP contribution in [0.4, 0.5) is 10.8 Å². The van der Waals surface area contributed by atoms with Crippen molar-refractivity contribution in [1.82, 2.24) is 10.3 Å². The third-order valence-electron chi connectivity index (χ3n) is 7.24. The van der Waals surface area contributed by atoms with Crippen LogP contribution in [0.3, 0.4) is 0 Å². The van der Waals surface area contributed by atoms with Gasteiger partial charge in [-0.15, -0.1) is 23.1 Å². The zero-order chi connectivity index (χ0) is 35.0. The van der Waals surface area contributed by atoms with E-state index in [2.05, 4.69) is 20.9 Å². The second-order valence-corrected chi connectivity index (χ2v) is 14.0. The fraction of sp³-hybridized carbons (Fsp3) is 0.0526. The summed E-state index contributed by atoms with van der Waals surface area (Å²) >= 11 is 15.0. The van der Waals surface area contributed by atoms with E-state index in [0.717, 1.165) is 16.0 Å². The minimum absolute atomic E-state index is 0.000220. The van der Waals surface area contributed by atoms with E-state index >= 15 is 0 Å². The topological polar surface area (TPSA) is 113 Å². The number of nitrogens with zero attached hydrogens (tertiary/aromatic N) is 1. The smallest absolute Gasteiger partial charge is 0.272 e. The molecule has 0 saturated carbocycles. The molecule has 0 aliphatic heterocycles. The number of carbonyl (C=O) groups is 3. The van der Waals surface area contributed by atoms with Crippen molar-refractivity contribution in [2.75, 3.05) is 10.6 Å². The molecular formula is C38H28Cl2N4O4S2. The number of furan rings is 1. The number of hydrogen-bond donors (Lipinski definition) is 3. The molecule has 50 heavy (non-hydrogen) atoms. The Labute approximate surface area is 306 Å². The van der Waals surface area contributed by atoms with Gasteiger partial charge in [0.15, 0.2) is 5.13 Å². The van der Waals surface area contributed by atoms with E-state index in [1.54, 1.807) is 91.9 Å². The molecule has 4 aromatic carbocycles. The van der Waals surface area contributed by atoms with Crippen molar-refractivity contribution in [3.05, 3.63) is 148 Å². The summed E-state index contributed by atoms with van der Waals surface area (Å²) in [6.45, 7) is 1.80. The number of hydrogen-bond acceptors (Lipinski definition) is 7. The van der Waals surface area contributed by atoms with E-state index in [-0.39, 0.29) is 11.6 Å². The average Bonchev–Trinajstić information content (AvgIpc) is 3.79. The van der Waals surface area contributed by atoms with Crippen LogP contribution in [0.5, 0.6) is 0 Å². The molecule has 6 aromatic rings. The Hall–Kier alpha value is -5.13. The Balaban J connectivity index is 1.10. The van der Waals surface area contributed by atoms with Crippen LogP contribution in [0.15, 0.2) is 136 Å². The number of amides is 3. The number of anilines is 2. The number of benzene rings is 4. The summed E-state index contributed by atoms with van der Waals surface area (Å²) in [5.74, 6) is -0.176. The Kier molecular flexibility index (Phi) is 11.1. The molecule has 2 aromatic heterocycles. The van der Waals surface area contributed by atoms with E-state index < -0.39 is 17.1 Å². The van der Waals surface area contributed by atoms with Crippen LogP contribution in [-0.2, 0) is 9.59 Å². The van der Waals surface area contributed by atoms with Gasteiger partial charge in [-0.2, -0.15) is 0 Å². The molecule has 0 aliphatic rings. The molecular weight excluding hydrogens is 711 g/mol. The van der Waals surface area contributed by atoms with Crippen LogP contribution < -0.4 is 16.0 Å². The van der Waals surface area contributed by atoms with E-state index in [4.69, 9.17) is 27.6 Å². The second kappa shape index (κ2) is 16.1. The first-order valence-electron chi connectivity index (χ1n) is 15.2. The summed E-state index contributed by atoms with van der Waals surface area (Å²) in [6.07, 6.45) is 1.49. The number of rotatable bonds is 11. The number of nitrogens with one attached hydrogen (secondary N) is 3. The van der Waals surface area contributed by atoms with Gasteiger partial charge in [-0.1, -0.05) is 71.7 Å². The van der Waals surface area contributed by atoms with Gasteiger partial charge in [-0.05, 0) is 73.7 Å². The van der Waals surface area contributed by atoms with Crippen LogP contribution in [0.1, 0.15) is 23.0 Å². The van der Waals surface area contributed by atoms with Gasteiger partial charge < -0.3 is 20.4 Å². The molecule has 6 rings (SSSR count). The Morgan fingerprint density at radius 1 is 0.860 bits per heavy atom. The number of thiazole rings is 1. The highest BCUT2D eigenvalue weighted by atomic mass is 35.5. The van der Waals surface area contributed by atoms with Gasteiger partial charge in [0.2, 0.25) is 5.91 Å². The maximum absolute atomic E-state index is 13.5. The van der Waals surface area contributed by atoms with E-state index in [0.29, 0.717) is 43.6 Å². The Morgan fingerprint density at radius 3 is 2.30 bits per heavy atom. The maximum Gasteiger partial charge on any atom is 0.272 e. The maximum atomic E-state index is 13.5. The number of thioether (sulfide) groups is 1. The Bertz CT molecular complexity index is 2170. The van der Waals surface area contributed by atoms with E-state index in [9.17, 15) is 14.4 Å². The highest BCUT2D eigenvalue weighted by Crippen LogP contribution is 2.33. The molecule has 3 amide bonds. The molecule has 12 heteroatoms. The molecule has 0 bridgehead atoms. The van der Waals surface area contributed by atoms with Crippen molar-refractivity contribution in [3.63, 3.8) is 0 Å². The lowest BCUT2D eigenvalue weighted by atomic mass is 10.2. The van der Waals surface area contributed by atoms with Gasteiger partial charge >= 0.3 is 0 Å². The lowest BCUT2D eigenvalue weighted by molar-refractivity contribution is -0.115. The molecule has 2 heterocycles. The first-order chi connectivity index (χ1) is 24.2. The van der Waals surface area contributed by atoms with Crippen molar-refractivity contribution < 1.29 is 18.8 Å². The zero-order valence-corrected chi connectivity index (χ0v) is 29.5. The third kappa shape index (κ3) is 8.90. The lowest BCUT2D eigenvalue weighted by Gasteiger charge is -2.13. The summed E-state index contributed by atoms with van der Waals surface area (Å²) < 4.78 is 5.97. The molecule has 3 N–H and O–H groups in total. The fourth-order valence-corrected chi connectivity index (χ4v) is 6.79. The van der Waals surface area contributed by atoms with Gasteiger partial charge in [-0.25, -0.2) is 4.98 Å². The van der Waals surface area contributed by atoms with Crippen molar-refractivity contribution in [2.45, 2.75) is 17.1 Å². The number of aromatic nitrogens is 1. The largest absolute Gasteiger partial charge is 0.457 e. The third-order valence-corrected chi connectivity index (χ3v) is 9.65. The highest BCUT2D eigenvalue weighted by molar-refractivity contribution is 8.00. The van der Waals surface area contributed by atoms with Crippen molar-refractivity contribution in [3.8, 4) is 22.6 Å². The molecule has 0 saturated heterocycles. The van der Waals surface area contributed by atoms with Gasteiger partial charge in [0.1, 0.15) is 17.2 Å². The predicted molar refractivity (Wildman–Crippen MR) is 203 cm³/mol. The Morgan fingerprint density at radius 2 is 1.58 bits per heavy atom. The monoisotopic (exact) mass is 738 g/mol. The summed E-state index contributed by atoms with van der Waals surface area (Å²) in [5.41, 5.74) is 3.15. The van der Waals surface area contributed by atoms with Crippen LogP contribution in [0.2, 0.25) is 10.0 Å². The lowest BCUT2D eigenvalue weighted by Crippen LogP contribution is -2.30. The number of carbonyl (C=O) groups excluding carboxylic acids is 3. The summed E-state index contributed by atoms with van der Waals surface area (Å²) in [4.78, 5) is 44.8. The molecule has 1 unspecified atom stereocenters. The quantitative estimate of drug-likeness (QED) is 0.0901. The zero-order valence-electron chi connectivity index (χ0n) is 26.4. The van der Waals surface area contributed by atoms with Gasteiger partial charge in [0.05, 0.1) is 16.0 Å². The standard InChI is InChI=1S/C38H28Cl2N4O4S2/c1-23(35(45)44-38-43-33(22-49-38)30-18-12-26(39)20-31(30)40)50-29-16-13-27(14-17-29)41-37(47)32(42-36(46)25-10-6-3-7-11-25)21-28-15-19-34(48-28)24-8-4-2-5-9-24/h2-23H,1H3,(H,41,47)(H,42,46)(H,43,44,45). The second-order valence-electron chi connectivity index (χ2n) is 10.8. The van der Waals surface area contributed by atoms with Crippen LogP contribution in [-0.4, -0.2) is 28.0 Å². The average molecular weight is 740 g/mol. The molecule has 0 aliphatic carbocycles. The van der Waals surface area contributed by atoms with Crippen LogP contribution in [0.25, 0.3) is 28.7 Å². The van der Waals surface area contributed by atoms with E-state index in [1.807, 2.05) is 35.7 Å². The normalized spacial score (nSPS) is 11.9. The minimum atomic E-state index is -0.539. The van der Waals surface area contributed by atoms with Crippen molar-refractivity contribution in [1.29, 1.82) is 0 Å². The SMILES string of the molecule is CC(Sc1ccc(NC(=O)C(=Cc2ccc(-c3ccccc3)o2)NC(=O)c2ccccc2)cc1)C(=O)Nc1nc(-c2ccc(Cl)cc2Cl)cs1. The van der Waals surface area contributed by atoms with E-state index in [1.165, 1.54) is 29.2 Å². The van der Waals surface area contributed by atoms with Crippen molar-refractivity contribution >= 4 is 80.9 Å². The minimum Gasteiger partial charge on any atom is -0.457 e. The molecule has 1 atom stereocenters. The molecule has 8 nitrogen and oxygen atoms in total. The molecule has 0 spiro atoms. The van der Waals surface area contributed by atoms with Crippen LogP contribution in [0, 0.1) is 0 Å². The summed E-state index contributed by atoms with van der Waals surface area (Å²) in [5, 5.41) is 11.3. The molecule has 0 radical (unpaired) electrons. The first-order valence-corrected chi connectivity index (χ1v) is 17.8. The predicted octanol–water partition coefficient (Wildman–Crippen LogP) is 9.91. The van der Waals surface area contributed by atoms with Crippen molar-refractivity contribution in [2.24, 2.45) is 0 Å². The summed E-state index contributed by atoms with van der Waals surface area (Å²) in [6, 6.07) is 34.0. The molecule has 0 fully saturated rings. The van der Waals surface area contributed by atoms with Gasteiger partial charge in [0, 0.05) is 43.8 Å². The van der Waals surface area contributed by atoms with Gasteiger partial charge in [0.25, 0.3) is 11.8 Å². The van der Waals surface area contributed by atoms with Crippen LogP contribution >= 0.6 is 46.3 Å². The summed E-state index contributed by atoms with van der Waals surface area (Å²) in [7, 11) is 0. The first kappa shape index (κ1) is 34.7.